The van der Waals surface area contributed by atoms with E-state index in [1.54, 1.807) is 12.4 Å². The number of benzene rings is 2. The first-order chi connectivity index (χ1) is 19.6. The van der Waals surface area contributed by atoms with E-state index in [0.29, 0.717) is 0 Å². The van der Waals surface area contributed by atoms with Crippen LogP contribution in [0.2, 0.25) is 0 Å². The van der Waals surface area contributed by atoms with Gasteiger partial charge in [-0.2, -0.15) is 0 Å². The molecule has 1 unspecified atom stereocenters. The molecule has 6 heteroatoms. The van der Waals surface area contributed by atoms with Crippen LogP contribution in [0, 0.1) is 5.92 Å². The molecular formula is C34H36N6. The van der Waals surface area contributed by atoms with Gasteiger partial charge in [-0.05, 0) is 67.7 Å². The number of nitrogens with zero attached hydrogens (tertiary/aromatic N) is 5. The molecule has 7 rings (SSSR count). The Balaban J connectivity index is 1.26. The molecule has 202 valence electrons. The van der Waals surface area contributed by atoms with Crippen LogP contribution in [0.1, 0.15) is 74.4 Å². The van der Waals surface area contributed by atoms with Gasteiger partial charge >= 0.3 is 0 Å². The third-order valence-electron chi connectivity index (χ3n) is 9.22. The molecule has 0 spiro atoms. The highest BCUT2D eigenvalue weighted by Gasteiger charge is 2.47. The van der Waals surface area contributed by atoms with Crippen molar-refractivity contribution in [2.75, 3.05) is 18.0 Å². The van der Waals surface area contributed by atoms with Gasteiger partial charge in [-0.15, -0.1) is 0 Å². The van der Waals surface area contributed by atoms with Crippen molar-refractivity contribution < 1.29 is 0 Å². The summed E-state index contributed by atoms with van der Waals surface area (Å²) >= 11 is 0. The van der Waals surface area contributed by atoms with Gasteiger partial charge in [-0.3, -0.25) is 9.97 Å². The Morgan fingerprint density at radius 1 is 0.975 bits per heavy atom. The molecule has 3 aliphatic rings. The zero-order chi connectivity index (χ0) is 27.1. The third kappa shape index (κ3) is 4.36. The van der Waals surface area contributed by atoms with E-state index in [-0.39, 0.29) is 11.5 Å². The Hall–Kier alpha value is -4.06. The van der Waals surface area contributed by atoms with Gasteiger partial charge < -0.3 is 10.2 Å². The van der Waals surface area contributed by atoms with Crippen LogP contribution in [0.15, 0.2) is 85.0 Å². The topological polar surface area (TPSA) is 66.8 Å². The molecule has 1 saturated heterocycles. The summed E-state index contributed by atoms with van der Waals surface area (Å²) in [5.41, 5.74) is 9.51. The maximum absolute atomic E-state index is 5.40. The lowest BCUT2D eigenvalue weighted by atomic mass is 9.71. The van der Waals surface area contributed by atoms with Crippen molar-refractivity contribution in [2.45, 2.75) is 57.4 Å². The Kier molecular flexibility index (Phi) is 6.34. The smallest absolute Gasteiger partial charge is 0.225 e. The lowest BCUT2D eigenvalue weighted by Gasteiger charge is -2.37. The molecule has 2 fully saturated rings. The zero-order valence-electron chi connectivity index (χ0n) is 23.3. The quantitative estimate of drug-likeness (QED) is 0.300. The van der Waals surface area contributed by atoms with Crippen LogP contribution >= 0.6 is 0 Å². The fraction of sp³-hybridized carbons (Fsp3) is 0.353. The SMILES string of the molecule is CC1CCN(c2ncc3c(n2)C2(c4ccccc4)CCC(=C3N[C@@H](C)c3cccc(-c4cnccn4)c3)C2)CC1. The number of fused-ring (bicyclic) bond motifs is 4. The average Bonchev–Trinajstić information content (AvgIpc) is 3.42. The number of anilines is 1. The molecule has 2 aliphatic carbocycles. The Morgan fingerprint density at radius 2 is 1.82 bits per heavy atom. The second-order valence-electron chi connectivity index (χ2n) is 11.8. The van der Waals surface area contributed by atoms with E-state index < -0.39 is 0 Å². The van der Waals surface area contributed by atoms with E-state index >= 15 is 0 Å². The number of aromatic nitrogens is 4. The first-order valence-corrected chi connectivity index (χ1v) is 14.6. The van der Waals surface area contributed by atoms with Crippen molar-refractivity contribution in [1.29, 1.82) is 0 Å². The van der Waals surface area contributed by atoms with Gasteiger partial charge in [0.2, 0.25) is 5.95 Å². The Labute approximate surface area is 236 Å². The fourth-order valence-corrected chi connectivity index (χ4v) is 6.83. The molecule has 1 aliphatic heterocycles. The molecule has 4 aromatic rings. The lowest BCUT2D eigenvalue weighted by molar-refractivity contribution is 0.432. The molecule has 1 N–H and O–H groups in total. The number of hydrogen-bond acceptors (Lipinski definition) is 6. The molecule has 0 amide bonds. The predicted octanol–water partition coefficient (Wildman–Crippen LogP) is 6.72. The first-order valence-electron chi connectivity index (χ1n) is 14.6. The monoisotopic (exact) mass is 528 g/mol. The van der Waals surface area contributed by atoms with Gasteiger partial charge in [-0.25, -0.2) is 9.97 Å². The molecule has 2 aromatic carbocycles. The summed E-state index contributed by atoms with van der Waals surface area (Å²) in [6.45, 7) is 6.65. The van der Waals surface area contributed by atoms with Crippen molar-refractivity contribution in [1.82, 2.24) is 25.3 Å². The normalized spacial score (nSPS) is 21.3. The molecule has 40 heavy (non-hydrogen) atoms. The van der Waals surface area contributed by atoms with Crippen molar-refractivity contribution >= 4 is 11.6 Å². The van der Waals surface area contributed by atoms with E-state index in [2.05, 4.69) is 94.8 Å². The predicted molar refractivity (Wildman–Crippen MR) is 160 cm³/mol. The molecule has 2 aromatic heterocycles. The summed E-state index contributed by atoms with van der Waals surface area (Å²) in [5, 5.41) is 3.92. The number of piperidine rings is 1. The molecule has 2 atom stereocenters. The minimum atomic E-state index is -0.0903. The highest BCUT2D eigenvalue weighted by Crippen LogP contribution is 2.55. The number of allylic oxidation sites excluding steroid dienone is 1. The third-order valence-corrected chi connectivity index (χ3v) is 9.22. The summed E-state index contributed by atoms with van der Waals surface area (Å²) in [6.07, 6.45) is 12.9. The second kappa shape index (κ2) is 10.2. The summed E-state index contributed by atoms with van der Waals surface area (Å²) in [4.78, 5) is 21.5. The van der Waals surface area contributed by atoms with Crippen LogP contribution in [-0.4, -0.2) is 33.0 Å². The summed E-state index contributed by atoms with van der Waals surface area (Å²) in [6, 6.07) is 19.7. The molecule has 3 heterocycles. The maximum atomic E-state index is 5.40. The molecule has 6 nitrogen and oxygen atoms in total. The Morgan fingerprint density at radius 3 is 2.62 bits per heavy atom. The summed E-state index contributed by atoms with van der Waals surface area (Å²) in [7, 11) is 0. The van der Waals surface area contributed by atoms with Crippen LogP contribution in [-0.2, 0) is 5.41 Å². The van der Waals surface area contributed by atoms with Crippen LogP contribution in [0.25, 0.3) is 17.0 Å². The largest absolute Gasteiger partial charge is 0.378 e. The van der Waals surface area contributed by atoms with Crippen LogP contribution in [0.4, 0.5) is 5.95 Å². The van der Waals surface area contributed by atoms with Crippen molar-refractivity contribution in [3.05, 3.63) is 107 Å². The van der Waals surface area contributed by atoms with Gasteiger partial charge in [0.05, 0.1) is 17.6 Å². The standard InChI is InChI=1S/C34H36N6/c1-23-12-17-40(18-13-23)33-37-21-29-31(27-11-14-34(20-27,32(29)39-33)28-9-4-3-5-10-28)38-24(2)25-7-6-8-26(19-25)30-22-35-15-16-36-30/h3-10,15-16,19,21-24,38H,11-14,17-18,20H2,1-2H3/t24-,34?/m0/s1. The van der Waals surface area contributed by atoms with Crippen LogP contribution in [0.3, 0.4) is 0 Å². The van der Waals surface area contributed by atoms with E-state index in [1.807, 2.05) is 6.20 Å². The molecule has 2 bridgehead atoms. The van der Waals surface area contributed by atoms with Crippen LogP contribution in [0.5, 0.6) is 0 Å². The maximum Gasteiger partial charge on any atom is 0.225 e. The van der Waals surface area contributed by atoms with E-state index in [4.69, 9.17) is 9.97 Å². The van der Waals surface area contributed by atoms with Crippen molar-refractivity contribution in [3.63, 3.8) is 0 Å². The van der Waals surface area contributed by atoms with E-state index in [9.17, 15) is 0 Å². The number of hydrogen-bond donors (Lipinski definition) is 1. The van der Waals surface area contributed by atoms with Crippen molar-refractivity contribution in [2.24, 2.45) is 5.92 Å². The van der Waals surface area contributed by atoms with Gasteiger partial charge in [-0.1, -0.05) is 55.5 Å². The zero-order valence-corrected chi connectivity index (χ0v) is 23.3. The van der Waals surface area contributed by atoms with E-state index in [1.165, 1.54) is 40.9 Å². The molecule has 0 radical (unpaired) electrons. The van der Waals surface area contributed by atoms with Gasteiger partial charge in [0, 0.05) is 60.0 Å². The minimum Gasteiger partial charge on any atom is -0.378 e. The number of rotatable bonds is 6. The summed E-state index contributed by atoms with van der Waals surface area (Å²) < 4.78 is 0. The van der Waals surface area contributed by atoms with E-state index in [0.717, 1.165) is 61.0 Å². The molecule has 1 saturated carbocycles. The minimum absolute atomic E-state index is 0.0903. The molecular weight excluding hydrogens is 492 g/mol. The van der Waals surface area contributed by atoms with Crippen LogP contribution < -0.4 is 10.2 Å². The van der Waals surface area contributed by atoms with Gasteiger partial charge in [0.15, 0.2) is 0 Å². The summed E-state index contributed by atoms with van der Waals surface area (Å²) in [5.74, 6) is 1.66. The van der Waals surface area contributed by atoms with Gasteiger partial charge in [0.25, 0.3) is 0 Å². The fourth-order valence-electron chi connectivity index (χ4n) is 6.83. The van der Waals surface area contributed by atoms with Crippen molar-refractivity contribution in [3.8, 4) is 11.3 Å². The first kappa shape index (κ1) is 24.9. The lowest BCUT2D eigenvalue weighted by Crippen LogP contribution is -2.36. The second-order valence-corrected chi connectivity index (χ2v) is 11.8. The highest BCUT2D eigenvalue weighted by atomic mass is 15.3. The highest BCUT2D eigenvalue weighted by molar-refractivity contribution is 5.76. The Bertz CT molecular complexity index is 1540. The number of nitrogens with one attached hydrogen (secondary N) is 1. The van der Waals surface area contributed by atoms with Gasteiger partial charge in [0.1, 0.15) is 0 Å². The average molecular weight is 529 g/mol.